The number of nitrogens with zero attached hydrogens (tertiary/aromatic N) is 2. The van der Waals surface area contributed by atoms with Crippen LogP contribution in [-0.2, 0) is 12.8 Å². The molecule has 2 nitrogen and oxygen atoms in total. The van der Waals surface area contributed by atoms with Crippen molar-refractivity contribution in [2.24, 2.45) is 17.8 Å². The highest BCUT2D eigenvalue weighted by Gasteiger charge is 2.30. The maximum atomic E-state index is 9.77. The Labute approximate surface area is 210 Å². The van der Waals surface area contributed by atoms with Crippen molar-refractivity contribution >= 4 is 0 Å². The van der Waals surface area contributed by atoms with Crippen LogP contribution in [0.1, 0.15) is 145 Å². The van der Waals surface area contributed by atoms with Crippen LogP contribution >= 0.6 is 0 Å². The second-order valence-electron chi connectivity index (χ2n) is 11.2. The molecule has 0 aromatic heterocycles. The molecule has 0 unspecified atom stereocenters. The standard InChI is InChI=1S/C32H48N2/c1-2-3-8-15-28-22-23-29(32(25-34)31(28)24-33)20-9-4-5-14-21-30(26-16-10-6-11-17-26)27-18-12-7-13-19-27/h22-23,26-27,30H,2-21H2,1H3. The molecule has 34 heavy (non-hydrogen) atoms. The van der Waals surface area contributed by atoms with Gasteiger partial charge in [-0.05, 0) is 61.0 Å². The summed E-state index contributed by atoms with van der Waals surface area (Å²) in [6.07, 6.45) is 26.6. The Kier molecular flexibility index (Phi) is 12.0. The maximum Gasteiger partial charge on any atom is 0.101 e. The van der Waals surface area contributed by atoms with Gasteiger partial charge in [-0.15, -0.1) is 0 Å². The molecule has 2 aliphatic carbocycles. The molecular formula is C32H48N2. The molecule has 186 valence electrons. The van der Waals surface area contributed by atoms with Crippen LogP contribution in [0.3, 0.4) is 0 Å². The molecule has 1 aromatic rings. The van der Waals surface area contributed by atoms with Gasteiger partial charge in [0.25, 0.3) is 0 Å². The fourth-order valence-electron chi connectivity index (χ4n) is 6.96. The van der Waals surface area contributed by atoms with Gasteiger partial charge in [0.15, 0.2) is 0 Å². The molecule has 0 saturated heterocycles. The lowest BCUT2D eigenvalue weighted by molar-refractivity contribution is 0.131. The van der Waals surface area contributed by atoms with E-state index in [0.29, 0.717) is 11.1 Å². The molecule has 0 spiro atoms. The molecule has 0 radical (unpaired) electrons. The van der Waals surface area contributed by atoms with E-state index in [1.165, 1.54) is 103 Å². The third-order valence-corrected chi connectivity index (χ3v) is 8.90. The zero-order valence-corrected chi connectivity index (χ0v) is 21.9. The lowest BCUT2D eigenvalue weighted by Gasteiger charge is -2.38. The van der Waals surface area contributed by atoms with E-state index in [4.69, 9.17) is 0 Å². The second kappa shape index (κ2) is 15.2. The Balaban J connectivity index is 1.47. The molecule has 2 saturated carbocycles. The predicted molar refractivity (Wildman–Crippen MR) is 143 cm³/mol. The summed E-state index contributed by atoms with van der Waals surface area (Å²) in [5.41, 5.74) is 3.43. The van der Waals surface area contributed by atoms with Crippen LogP contribution in [0.25, 0.3) is 0 Å². The molecule has 0 heterocycles. The third-order valence-electron chi connectivity index (χ3n) is 8.90. The molecular weight excluding hydrogens is 412 g/mol. The van der Waals surface area contributed by atoms with Crippen LogP contribution in [0, 0.1) is 40.4 Å². The molecule has 0 N–H and O–H groups in total. The largest absolute Gasteiger partial charge is 0.192 e. The molecule has 1 aromatic carbocycles. The minimum absolute atomic E-state index is 0.638. The van der Waals surface area contributed by atoms with Crippen molar-refractivity contribution in [3.63, 3.8) is 0 Å². The number of hydrogen-bond acceptors (Lipinski definition) is 2. The van der Waals surface area contributed by atoms with E-state index in [9.17, 15) is 10.5 Å². The minimum atomic E-state index is 0.638. The monoisotopic (exact) mass is 460 g/mol. The van der Waals surface area contributed by atoms with Gasteiger partial charge in [0.1, 0.15) is 12.1 Å². The highest BCUT2D eigenvalue weighted by Crippen LogP contribution is 2.42. The summed E-state index contributed by atoms with van der Waals surface area (Å²) in [7, 11) is 0. The van der Waals surface area contributed by atoms with Crippen LogP contribution in [-0.4, -0.2) is 0 Å². The average Bonchev–Trinajstić information content (AvgIpc) is 2.89. The van der Waals surface area contributed by atoms with E-state index in [1.54, 1.807) is 0 Å². The average molecular weight is 461 g/mol. The van der Waals surface area contributed by atoms with E-state index in [1.807, 2.05) is 0 Å². The van der Waals surface area contributed by atoms with Crippen molar-refractivity contribution in [1.29, 1.82) is 10.5 Å². The van der Waals surface area contributed by atoms with E-state index >= 15 is 0 Å². The normalized spacial score (nSPS) is 17.5. The quantitative estimate of drug-likeness (QED) is 0.275. The molecule has 0 atom stereocenters. The molecule has 2 aliphatic rings. The minimum Gasteiger partial charge on any atom is -0.192 e. The number of hydrogen-bond donors (Lipinski definition) is 0. The summed E-state index contributed by atoms with van der Waals surface area (Å²) in [6.45, 7) is 2.20. The van der Waals surface area contributed by atoms with Crippen LogP contribution < -0.4 is 0 Å². The Morgan fingerprint density at radius 1 is 0.676 bits per heavy atom. The van der Waals surface area contributed by atoms with Gasteiger partial charge in [-0.1, -0.05) is 115 Å². The van der Waals surface area contributed by atoms with E-state index in [0.717, 1.165) is 54.6 Å². The maximum absolute atomic E-state index is 9.77. The fourth-order valence-corrected chi connectivity index (χ4v) is 6.96. The zero-order chi connectivity index (χ0) is 24.0. The summed E-state index contributed by atoms with van der Waals surface area (Å²) in [4.78, 5) is 0. The van der Waals surface area contributed by atoms with Gasteiger partial charge >= 0.3 is 0 Å². The molecule has 0 amide bonds. The van der Waals surface area contributed by atoms with E-state index < -0.39 is 0 Å². The molecule has 2 fully saturated rings. The van der Waals surface area contributed by atoms with Gasteiger partial charge < -0.3 is 0 Å². The zero-order valence-electron chi connectivity index (χ0n) is 21.9. The third kappa shape index (κ3) is 7.87. The Bertz CT molecular complexity index is 782. The van der Waals surface area contributed by atoms with E-state index in [2.05, 4.69) is 31.2 Å². The van der Waals surface area contributed by atoms with Crippen LogP contribution in [0.4, 0.5) is 0 Å². The lowest BCUT2D eigenvalue weighted by Crippen LogP contribution is -2.27. The summed E-state index contributed by atoms with van der Waals surface area (Å²) in [5, 5.41) is 19.5. The van der Waals surface area contributed by atoms with Crippen molar-refractivity contribution in [2.75, 3.05) is 0 Å². The van der Waals surface area contributed by atoms with Gasteiger partial charge in [-0.3, -0.25) is 0 Å². The number of unbranched alkanes of at least 4 members (excludes halogenated alkanes) is 5. The first-order valence-corrected chi connectivity index (χ1v) is 14.7. The SMILES string of the molecule is CCCCCc1ccc(CCCCCCC(C2CCCCC2)C2CCCCC2)c(C#N)c1C#N. The highest BCUT2D eigenvalue weighted by atomic mass is 14.4. The first kappa shape index (κ1) is 26.8. The summed E-state index contributed by atoms with van der Waals surface area (Å²) < 4.78 is 0. The van der Waals surface area contributed by atoms with Crippen molar-refractivity contribution in [3.8, 4) is 12.1 Å². The van der Waals surface area contributed by atoms with Crippen LogP contribution in [0.5, 0.6) is 0 Å². The van der Waals surface area contributed by atoms with Crippen LogP contribution in [0.2, 0.25) is 0 Å². The van der Waals surface area contributed by atoms with Gasteiger partial charge in [0.05, 0.1) is 11.1 Å². The summed E-state index contributed by atoms with van der Waals surface area (Å²) in [5.74, 6) is 3.01. The number of nitriles is 2. The molecule has 3 rings (SSSR count). The highest BCUT2D eigenvalue weighted by molar-refractivity contribution is 5.54. The molecule has 2 heteroatoms. The molecule has 0 bridgehead atoms. The van der Waals surface area contributed by atoms with Crippen molar-refractivity contribution < 1.29 is 0 Å². The Morgan fingerprint density at radius 2 is 1.15 bits per heavy atom. The lowest BCUT2D eigenvalue weighted by atomic mass is 9.68. The molecule has 0 aliphatic heterocycles. The van der Waals surface area contributed by atoms with E-state index in [-0.39, 0.29) is 0 Å². The van der Waals surface area contributed by atoms with Gasteiger partial charge in [0.2, 0.25) is 0 Å². The van der Waals surface area contributed by atoms with Gasteiger partial charge in [-0.2, -0.15) is 10.5 Å². The summed E-state index contributed by atoms with van der Waals surface area (Å²) >= 11 is 0. The second-order valence-corrected chi connectivity index (χ2v) is 11.2. The number of benzene rings is 1. The number of aryl methyl sites for hydroxylation is 2. The Morgan fingerprint density at radius 3 is 1.62 bits per heavy atom. The topological polar surface area (TPSA) is 47.6 Å². The fraction of sp³-hybridized carbons (Fsp3) is 0.750. The van der Waals surface area contributed by atoms with Crippen LogP contribution in [0.15, 0.2) is 12.1 Å². The first-order chi connectivity index (χ1) is 16.8. The smallest absolute Gasteiger partial charge is 0.101 e. The van der Waals surface area contributed by atoms with Crippen molar-refractivity contribution in [3.05, 3.63) is 34.4 Å². The van der Waals surface area contributed by atoms with Gasteiger partial charge in [-0.25, -0.2) is 0 Å². The first-order valence-electron chi connectivity index (χ1n) is 14.7. The number of rotatable bonds is 13. The predicted octanol–water partition coefficient (Wildman–Crippen LogP) is 9.43. The van der Waals surface area contributed by atoms with Crippen molar-refractivity contribution in [1.82, 2.24) is 0 Å². The summed E-state index contributed by atoms with van der Waals surface area (Å²) in [6, 6.07) is 8.95. The Hall–Kier alpha value is -1.80. The van der Waals surface area contributed by atoms with Crippen molar-refractivity contribution in [2.45, 2.75) is 135 Å². The van der Waals surface area contributed by atoms with Gasteiger partial charge in [0, 0.05) is 0 Å².